The molecule has 31 heavy (non-hydrogen) atoms. The Morgan fingerprint density at radius 1 is 0.935 bits per heavy atom. The lowest BCUT2D eigenvalue weighted by atomic mass is 10.1. The summed E-state index contributed by atoms with van der Waals surface area (Å²) in [4.78, 5) is 36.2. The lowest BCUT2D eigenvalue weighted by molar-refractivity contribution is -0.123. The molecule has 9 nitrogen and oxygen atoms in total. The quantitative estimate of drug-likeness (QED) is 0.553. The molecule has 0 fully saturated rings. The molecule has 1 aliphatic heterocycles. The zero-order chi connectivity index (χ0) is 21.8. The van der Waals surface area contributed by atoms with Crippen LogP contribution in [0, 0.1) is 0 Å². The standard InChI is InChI=1S/C22H18N2O7/c25-17-10-14-4-2-1-3-13(14)9-16(17)21(27)31-12-20(26)24-22(28)23-15-5-6-18-19(11-15)30-8-7-29-18/h1-6,9-11,25H,7-8,12H2,(H2,23,24,26,28). The molecule has 3 aromatic carbocycles. The van der Waals surface area contributed by atoms with Crippen LogP contribution in [0.25, 0.3) is 10.8 Å². The summed E-state index contributed by atoms with van der Waals surface area (Å²) in [6, 6.07) is 14.1. The molecule has 0 aromatic heterocycles. The highest BCUT2D eigenvalue weighted by Crippen LogP contribution is 2.32. The largest absolute Gasteiger partial charge is 0.507 e. The van der Waals surface area contributed by atoms with Crippen molar-refractivity contribution >= 4 is 34.4 Å². The summed E-state index contributed by atoms with van der Waals surface area (Å²) in [6.45, 7) is 0.156. The number of hydrogen-bond acceptors (Lipinski definition) is 7. The Bertz CT molecular complexity index is 1180. The molecule has 3 aromatic rings. The summed E-state index contributed by atoms with van der Waals surface area (Å²) in [7, 11) is 0. The SMILES string of the molecule is O=C(COC(=O)c1cc2ccccc2cc1O)NC(=O)Nc1ccc2c(c1)OCCO2. The number of aromatic hydroxyl groups is 1. The van der Waals surface area contributed by atoms with E-state index in [0.29, 0.717) is 30.4 Å². The Labute approximate surface area is 176 Å². The van der Waals surface area contributed by atoms with Gasteiger partial charge in [-0.1, -0.05) is 24.3 Å². The Hall–Kier alpha value is -4.27. The van der Waals surface area contributed by atoms with Gasteiger partial charge in [0.2, 0.25) is 0 Å². The molecule has 1 heterocycles. The van der Waals surface area contributed by atoms with Gasteiger partial charge in [-0.2, -0.15) is 0 Å². The Morgan fingerprint density at radius 2 is 1.65 bits per heavy atom. The third-order valence-electron chi connectivity index (χ3n) is 4.47. The first-order valence-electron chi connectivity index (χ1n) is 9.39. The average Bonchev–Trinajstić information content (AvgIpc) is 2.76. The number of carbonyl (C=O) groups excluding carboxylic acids is 3. The average molecular weight is 422 g/mol. The molecule has 158 valence electrons. The van der Waals surface area contributed by atoms with Crippen LogP contribution < -0.4 is 20.1 Å². The Balaban J connectivity index is 1.31. The smallest absolute Gasteiger partial charge is 0.342 e. The van der Waals surface area contributed by atoms with Gasteiger partial charge in [-0.25, -0.2) is 9.59 Å². The predicted octanol–water partition coefficient (Wildman–Crippen LogP) is 2.82. The molecule has 4 rings (SSSR count). The maximum Gasteiger partial charge on any atom is 0.342 e. The monoisotopic (exact) mass is 422 g/mol. The van der Waals surface area contributed by atoms with Gasteiger partial charge in [0.25, 0.3) is 5.91 Å². The second kappa shape index (κ2) is 8.62. The van der Waals surface area contributed by atoms with Crippen molar-refractivity contribution in [2.45, 2.75) is 0 Å². The lowest BCUT2D eigenvalue weighted by Crippen LogP contribution is -2.37. The highest BCUT2D eigenvalue weighted by molar-refractivity contribution is 6.03. The number of ether oxygens (including phenoxy) is 3. The number of rotatable bonds is 4. The van der Waals surface area contributed by atoms with Crippen LogP contribution in [0.4, 0.5) is 10.5 Å². The number of anilines is 1. The first kappa shape index (κ1) is 20.0. The first-order chi connectivity index (χ1) is 15.0. The molecule has 9 heteroatoms. The van der Waals surface area contributed by atoms with Gasteiger partial charge in [0.1, 0.15) is 24.5 Å². The molecular formula is C22H18N2O7. The molecule has 3 N–H and O–H groups in total. The number of nitrogens with one attached hydrogen (secondary N) is 2. The highest BCUT2D eigenvalue weighted by atomic mass is 16.6. The van der Waals surface area contributed by atoms with E-state index in [1.54, 1.807) is 42.5 Å². The maximum absolute atomic E-state index is 12.2. The number of urea groups is 1. The van der Waals surface area contributed by atoms with Crippen LogP contribution >= 0.6 is 0 Å². The molecule has 0 saturated heterocycles. The number of phenolic OH excluding ortho intramolecular Hbond substituents is 1. The number of benzene rings is 3. The molecule has 3 amide bonds. The van der Waals surface area contributed by atoms with E-state index in [2.05, 4.69) is 10.6 Å². The molecule has 0 spiro atoms. The number of carbonyl (C=O) groups is 3. The van der Waals surface area contributed by atoms with Crippen molar-refractivity contribution in [2.24, 2.45) is 0 Å². The van der Waals surface area contributed by atoms with Crippen LogP contribution in [-0.2, 0) is 9.53 Å². The van der Waals surface area contributed by atoms with Gasteiger partial charge < -0.3 is 24.6 Å². The van der Waals surface area contributed by atoms with Crippen LogP contribution in [0.5, 0.6) is 17.2 Å². The van der Waals surface area contributed by atoms with Gasteiger partial charge in [0, 0.05) is 11.8 Å². The van der Waals surface area contributed by atoms with Gasteiger partial charge in [0.15, 0.2) is 18.1 Å². The van der Waals surface area contributed by atoms with E-state index >= 15 is 0 Å². The van der Waals surface area contributed by atoms with Crippen LogP contribution in [0.2, 0.25) is 0 Å². The van der Waals surface area contributed by atoms with Gasteiger partial charge in [0.05, 0.1) is 0 Å². The highest BCUT2D eigenvalue weighted by Gasteiger charge is 2.17. The third kappa shape index (κ3) is 4.67. The number of esters is 1. The molecule has 0 atom stereocenters. The van der Waals surface area contributed by atoms with Gasteiger partial charge in [-0.15, -0.1) is 0 Å². The van der Waals surface area contributed by atoms with Crippen molar-refractivity contribution in [3.8, 4) is 17.2 Å². The van der Waals surface area contributed by atoms with Crippen molar-refractivity contribution in [1.82, 2.24) is 5.32 Å². The van der Waals surface area contributed by atoms with Gasteiger partial charge in [-0.3, -0.25) is 10.1 Å². The number of fused-ring (bicyclic) bond motifs is 2. The third-order valence-corrected chi connectivity index (χ3v) is 4.47. The van der Waals surface area contributed by atoms with Gasteiger partial charge in [-0.05, 0) is 35.0 Å². The minimum atomic E-state index is -0.884. The molecule has 0 radical (unpaired) electrons. The van der Waals surface area contributed by atoms with Crippen LogP contribution in [0.3, 0.4) is 0 Å². The fourth-order valence-electron chi connectivity index (χ4n) is 3.05. The maximum atomic E-state index is 12.2. The van der Waals surface area contributed by atoms with E-state index in [9.17, 15) is 19.5 Å². The summed E-state index contributed by atoms with van der Waals surface area (Å²) < 4.78 is 15.7. The van der Waals surface area contributed by atoms with Crippen molar-refractivity contribution in [1.29, 1.82) is 0 Å². The molecule has 0 saturated carbocycles. The Morgan fingerprint density at radius 3 is 2.42 bits per heavy atom. The van der Waals surface area contributed by atoms with E-state index in [1.165, 1.54) is 12.1 Å². The van der Waals surface area contributed by atoms with Crippen LogP contribution in [0.15, 0.2) is 54.6 Å². The number of phenols is 1. The van der Waals surface area contributed by atoms with E-state index < -0.39 is 24.5 Å². The van der Waals surface area contributed by atoms with Crippen molar-refractivity contribution in [2.75, 3.05) is 25.1 Å². The zero-order valence-corrected chi connectivity index (χ0v) is 16.2. The zero-order valence-electron chi connectivity index (χ0n) is 16.2. The van der Waals surface area contributed by atoms with Crippen molar-refractivity contribution in [3.63, 3.8) is 0 Å². The summed E-state index contributed by atoms with van der Waals surface area (Å²) in [5, 5.41) is 16.1. The molecule has 0 bridgehead atoms. The normalized spacial score (nSPS) is 12.1. The lowest BCUT2D eigenvalue weighted by Gasteiger charge is -2.19. The number of hydrogen-bond donors (Lipinski definition) is 3. The van der Waals surface area contributed by atoms with Crippen molar-refractivity contribution < 1.29 is 33.7 Å². The number of amides is 3. The number of imide groups is 1. The second-order valence-electron chi connectivity index (χ2n) is 6.65. The predicted molar refractivity (Wildman–Crippen MR) is 110 cm³/mol. The second-order valence-corrected chi connectivity index (χ2v) is 6.65. The Kier molecular flexibility index (Phi) is 5.57. The summed E-state index contributed by atoms with van der Waals surface area (Å²) in [5.41, 5.74) is 0.319. The van der Waals surface area contributed by atoms with Gasteiger partial charge >= 0.3 is 12.0 Å². The molecule has 0 aliphatic carbocycles. The van der Waals surface area contributed by atoms with Crippen LogP contribution in [0.1, 0.15) is 10.4 Å². The summed E-state index contributed by atoms with van der Waals surface area (Å²) in [5.74, 6) is -0.925. The van der Waals surface area contributed by atoms with Crippen LogP contribution in [-0.4, -0.2) is 42.8 Å². The minimum absolute atomic E-state index is 0.0766. The molecule has 0 unspecified atom stereocenters. The fourth-order valence-corrected chi connectivity index (χ4v) is 3.05. The van der Waals surface area contributed by atoms with E-state index in [1.807, 2.05) is 0 Å². The molecule has 1 aliphatic rings. The summed E-state index contributed by atoms with van der Waals surface area (Å²) in [6.07, 6.45) is 0. The first-order valence-corrected chi connectivity index (χ1v) is 9.39. The van der Waals surface area contributed by atoms with Crippen molar-refractivity contribution in [3.05, 3.63) is 60.2 Å². The summed E-state index contributed by atoms with van der Waals surface area (Å²) >= 11 is 0. The topological polar surface area (TPSA) is 123 Å². The van der Waals surface area contributed by atoms with E-state index in [0.717, 1.165) is 10.8 Å². The minimum Gasteiger partial charge on any atom is -0.507 e. The van der Waals surface area contributed by atoms with E-state index in [4.69, 9.17) is 14.2 Å². The van der Waals surface area contributed by atoms with E-state index in [-0.39, 0.29) is 11.3 Å². The fraction of sp³-hybridized carbons (Fsp3) is 0.136. The molecular weight excluding hydrogens is 404 g/mol.